The second kappa shape index (κ2) is 7.60. The first-order valence-electron chi connectivity index (χ1n) is 9.95. The molecule has 4 rings (SSSR count). The van der Waals surface area contributed by atoms with Crippen molar-refractivity contribution in [2.24, 2.45) is 5.92 Å². The van der Waals surface area contributed by atoms with E-state index in [4.69, 9.17) is 0 Å². The van der Waals surface area contributed by atoms with Crippen molar-refractivity contribution in [2.45, 2.75) is 37.6 Å². The lowest BCUT2D eigenvalue weighted by Gasteiger charge is -2.41. The highest BCUT2D eigenvalue weighted by atomic mass is 19.1. The maximum atomic E-state index is 13.7. The average molecular weight is 373 g/mol. The van der Waals surface area contributed by atoms with Crippen molar-refractivity contribution in [3.8, 4) is 0 Å². The number of hydrogen-bond donors (Lipinski definition) is 2. The van der Waals surface area contributed by atoms with Gasteiger partial charge < -0.3 is 15.0 Å². The highest BCUT2D eigenvalue weighted by Gasteiger charge is 2.37. The van der Waals surface area contributed by atoms with Crippen molar-refractivity contribution in [1.82, 2.24) is 14.8 Å². The number of H-pyrrole nitrogens is 1. The van der Waals surface area contributed by atoms with Crippen molar-refractivity contribution in [3.05, 3.63) is 35.8 Å². The molecule has 1 unspecified atom stereocenters. The first kappa shape index (κ1) is 18.4. The molecule has 0 aliphatic carbocycles. The van der Waals surface area contributed by atoms with Gasteiger partial charge in [0.25, 0.3) is 0 Å². The zero-order valence-electron chi connectivity index (χ0n) is 15.8. The van der Waals surface area contributed by atoms with Crippen molar-refractivity contribution in [1.29, 1.82) is 0 Å². The predicted molar refractivity (Wildman–Crippen MR) is 103 cm³/mol. The molecule has 1 atom stereocenters. The Labute approximate surface area is 159 Å². The van der Waals surface area contributed by atoms with Crippen LogP contribution < -0.4 is 0 Å². The Hall–Kier alpha value is -1.92. The Morgan fingerprint density at radius 1 is 1.19 bits per heavy atom. The van der Waals surface area contributed by atoms with Crippen LogP contribution in [0.15, 0.2) is 24.4 Å². The van der Waals surface area contributed by atoms with Crippen molar-refractivity contribution in [2.75, 3.05) is 33.2 Å². The highest BCUT2D eigenvalue weighted by molar-refractivity contribution is 5.83. The fourth-order valence-corrected chi connectivity index (χ4v) is 4.94. The van der Waals surface area contributed by atoms with E-state index in [0.29, 0.717) is 5.92 Å². The molecule has 2 saturated heterocycles. The lowest BCUT2D eigenvalue weighted by Crippen LogP contribution is -2.51. The van der Waals surface area contributed by atoms with Crippen molar-refractivity contribution >= 4 is 16.9 Å². The van der Waals surface area contributed by atoms with E-state index >= 15 is 0 Å². The number of carboxylic acid groups (broad SMARTS) is 1. The van der Waals surface area contributed by atoms with Gasteiger partial charge in [-0.25, -0.2) is 4.39 Å². The van der Waals surface area contributed by atoms with Gasteiger partial charge in [0, 0.05) is 17.1 Å². The molecule has 1 aromatic carbocycles. The summed E-state index contributed by atoms with van der Waals surface area (Å²) in [6.07, 6.45) is 5.74. The number of aliphatic carboxylic acids is 1. The van der Waals surface area contributed by atoms with Crippen LogP contribution >= 0.6 is 0 Å². The van der Waals surface area contributed by atoms with Gasteiger partial charge in [-0.1, -0.05) is 0 Å². The van der Waals surface area contributed by atoms with Gasteiger partial charge in [0.05, 0.1) is 0 Å². The summed E-state index contributed by atoms with van der Waals surface area (Å²) >= 11 is 0. The topological polar surface area (TPSA) is 59.6 Å². The Kier molecular flexibility index (Phi) is 5.19. The van der Waals surface area contributed by atoms with Crippen LogP contribution in [0.1, 0.15) is 37.2 Å². The van der Waals surface area contributed by atoms with Crippen LogP contribution in [0.3, 0.4) is 0 Å². The number of halogens is 1. The van der Waals surface area contributed by atoms with E-state index < -0.39 is 5.97 Å². The monoisotopic (exact) mass is 373 g/mol. The third kappa shape index (κ3) is 3.73. The highest BCUT2D eigenvalue weighted by Crippen LogP contribution is 2.35. The predicted octanol–water partition coefficient (Wildman–Crippen LogP) is 3.28. The summed E-state index contributed by atoms with van der Waals surface area (Å²) < 4.78 is 13.7. The molecule has 146 valence electrons. The molecule has 2 aromatic rings. The zero-order chi connectivity index (χ0) is 19.0. The van der Waals surface area contributed by atoms with E-state index in [1.165, 1.54) is 6.07 Å². The van der Waals surface area contributed by atoms with Gasteiger partial charge in [-0.15, -0.1) is 0 Å². The Morgan fingerprint density at radius 2 is 1.89 bits per heavy atom. The summed E-state index contributed by atoms with van der Waals surface area (Å²) in [6.45, 7) is 3.53. The third-order valence-electron chi connectivity index (χ3n) is 6.50. The van der Waals surface area contributed by atoms with Gasteiger partial charge in [-0.3, -0.25) is 9.69 Å². The van der Waals surface area contributed by atoms with Crippen LogP contribution in [0.25, 0.3) is 10.9 Å². The summed E-state index contributed by atoms with van der Waals surface area (Å²) in [6, 6.07) is 4.49. The number of likely N-dealkylation sites (tertiary alicyclic amines) is 2. The molecule has 0 bridgehead atoms. The Morgan fingerprint density at radius 3 is 2.56 bits per heavy atom. The average Bonchev–Trinajstić information content (AvgIpc) is 3.07. The van der Waals surface area contributed by atoms with Gasteiger partial charge in [0.2, 0.25) is 0 Å². The second-order valence-electron chi connectivity index (χ2n) is 8.17. The molecular formula is C21H28FN3O2. The van der Waals surface area contributed by atoms with E-state index in [1.54, 1.807) is 12.1 Å². The quantitative estimate of drug-likeness (QED) is 0.864. The zero-order valence-corrected chi connectivity index (χ0v) is 15.8. The van der Waals surface area contributed by atoms with Crippen LogP contribution in [-0.4, -0.2) is 65.1 Å². The molecule has 5 nitrogen and oxygen atoms in total. The molecule has 0 amide bonds. The molecule has 2 N–H and O–H groups in total. The molecule has 0 radical (unpaired) electrons. The standard InChI is InChI=1S/C21H28FN3O2/c1-24-8-4-15(5-9-24)20(21(26)27)25-10-6-14(7-11-25)18-13-23-19-3-2-16(22)12-17(18)19/h2-3,12-15,20,23H,4-11H2,1H3,(H,26,27). The molecule has 0 saturated carbocycles. The molecule has 2 fully saturated rings. The molecule has 27 heavy (non-hydrogen) atoms. The van der Waals surface area contributed by atoms with E-state index in [2.05, 4.69) is 21.8 Å². The van der Waals surface area contributed by atoms with E-state index in [1.807, 2.05) is 6.20 Å². The number of rotatable bonds is 4. The Bertz CT molecular complexity index is 805. The number of carbonyl (C=O) groups is 1. The van der Waals surface area contributed by atoms with E-state index in [0.717, 1.165) is 68.3 Å². The fourth-order valence-electron chi connectivity index (χ4n) is 4.94. The largest absolute Gasteiger partial charge is 0.480 e. The first-order chi connectivity index (χ1) is 13.0. The molecule has 0 spiro atoms. The number of benzene rings is 1. The molecule has 1 aromatic heterocycles. The van der Waals surface area contributed by atoms with Crippen LogP contribution in [0.2, 0.25) is 0 Å². The van der Waals surface area contributed by atoms with E-state index in [-0.39, 0.29) is 17.8 Å². The summed E-state index contributed by atoms with van der Waals surface area (Å²) in [5.74, 6) is -0.313. The Balaban J connectivity index is 1.45. The third-order valence-corrected chi connectivity index (χ3v) is 6.50. The number of piperidine rings is 2. The summed E-state index contributed by atoms with van der Waals surface area (Å²) in [5.41, 5.74) is 2.12. The van der Waals surface area contributed by atoms with Crippen LogP contribution in [0.4, 0.5) is 4.39 Å². The minimum Gasteiger partial charge on any atom is -0.480 e. The number of aromatic nitrogens is 1. The number of carboxylic acids is 1. The summed E-state index contributed by atoms with van der Waals surface area (Å²) in [4.78, 5) is 19.7. The number of fused-ring (bicyclic) bond motifs is 1. The van der Waals surface area contributed by atoms with Gasteiger partial charge in [-0.05, 0) is 94.5 Å². The number of nitrogens with one attached hydrogen (secondary N) is 1. The molecule has 2 aliphatic heterocycles. The minimum atomic E-state index is -0.683. The maximum Gasteiger partial charge on any atom is 0.321 e. The SMILES string of the molecule is CN1CCC(C(C(=O)O)N2CCC(c3c[nH]c4ccc(F)cc34)CC2)CC1. The maximum absolute atomic E-state index is 13.7. The fraction of sp³-hybridized carbons (Fsp3) is 0.571. The van der Waals surface area contributed by atoms with Crippen LogP contribution in [0.5, 0.6) is 0 Å². The first-order valence-corrected chi connectivity index (χ1v) is 9.95. The van der Waals surface area contributed by atoms with Crippen molar-refractivity contribution in [3.63, 3.8) is 0 Å². The molecule has 2 aliphatic rings. The number of aromatic amines is 1. The number of nitrogens with zero attached hydrogens (tertiary/aromatic N) is 2. The summed E-state index contributed by atoms with van der Waals surface area (Å²) in [5, 5.41) is 10.8. The van der Waals surface area contributed by atoms with Crippen molar-refractivity contribution < 1.29 is 14.3 Å². The minimum absolute atomic E-state index is 0.214. The lowest BCUT2D eigenvalue weighted by atomic mass is 9.84. The van der Waals surface area contributed by atoms with Gasteiger partial charge in [0.1, 0.15) is 11.9 Å². The van der Waals surface area contributed by atoms with Gasteiger partial charge in [0.15, 0.2) is 0 Å². The van der Waals surface area contributed by atoms with E-state index in [9.17, 15) is 14.3 Å². The van der Waals surface area contributed by atoms with Gasteiger partial charge >= 0.3 is 5.97 Å². The van der Waals surface area contributed by atoms with Crippen LogP contribution in [0, 0.1) is 11.7 Å². The molecule has 3 heterocycles. The second-order valence-corrected chi connectivity index (χ2v) is 8.17. The summed E-state index contributed by atoms with van der Waals surface area (Å²) in [7, 11) is 2.10. The number of hydrogen-bond acceptors (Lipinski definition) is 3. The van der Waals surface area contributed by atoms with Gasteiger partial charge in [-0.2, -0.15) is 0 Å². The smallest absolute Gasteiger partial charge is 0.321 e. The molecular weight excluding hydrogens is 345 g/mol. The van der Waals surface area contributed by atoms with Crippen LogP contribution in [-0.2, 0) is 4.79 Å². The molecule has 6 heteroatoms. The normalized spacial score (nSPS) is 22.3. The lowest BCUT2D eigenvalue weighted by molar-refractivity contribution is -0.147.